The monoisotopic (exact) mass is 415 g/mol. The van der Waals surface area contributed by atoms with E-state index in [1.54, 1.807) is 17.7 Å². The molecule has 1 aliphatic carbocycles. The molecule has 0 unspecified atom stereocenters. The van der Waals surface area contributed by atoms with E-state index < -0.39 is 0 Å². The second-order valence-corrected chi connectivity index (χ2v) is 9.06. The van der Waals surface area contributed by atoms with E-state index in [2.05, 4.69) is 14.9 Å². The summed E-state index contributed by atoms with van der Waals surface area (Å²) in [6.07, 6.45) is 6.11. The lowest BCUT2D eigenvalue weighted by Gasteiger charge is -2.31. The van der Waals surface area contributed by atoms with E-state index in [9.17, 15) is 4.79 Å². The first-order chi connectivity index (χ1) is 13.7. The van der Waals surface area contributed by atoms with Crippen molar-refractivity contribution in [3.63, 3.8) is 0 Å². The summed E-state index contributed by atoms with van der Waals surface area (Å²) in [5.74, 6) is 0.990. The third-order valence-corrected chi connectivity index (χ3v) is 7.55. The molecule has 1 saturated heterocycles. The Morgan fingerprint density at radius 1 is 1.21 bits per heavy atom. The van der Waals surface area contributed by atoms with Crippen LogP contribution in [0.15, 0.2) is 11.4 Å². The highest BCUT2D eigenvalue weighted by Gasteiger charge is 2.26. The number of carbonyl (C=O) groups is 1. The normalized spacial score (nSPS) is 17.2. The van der Waals surface area contributed by atoms with Gasteiger partial charge in [-0.25, -0.2) is 15.0 Å². The Labute approximate surface area is 170 Å². The Morgan fingerprint density at radius 2 is 2.00 bits per heavy atom. The van der Waals surface area contributed by atoms with Crippen molar-refractivity contribution in [2.45, 2.75) is 30.7 Å². The zero-order valence-electron chi connectivity index (χ0n) is 15.4. The van der Waals surface area contributed by atoms with Crippen molar-refractivity contribution in [3.8, 4) is 0 Å². The van der Waals surface area contributed by atoms with E-state index in [-0.39, 0.29) is 11.7 Å². The number of hydrogen-bond donors (Lipinski definition) is 1. The lowest BCUT2D eigenvalue weighted by atomic mass is 9.90. The molecule has 3 aromatic heterocycles. The summed E-state index contributed by atoms with van der Waals surface area (Å²) in [7, 11) is 0. The molecular weight excluding hydrogens is 394 g/mol. The molecule has 146 valence electrons. The molecule has 0 radical (unpaired) electrons. The van der Waals surface area contributed by atoms with Gasteiger partial charge in [-0.2, -0.15) is 0 Å². The van der Waals surface area contributed by atoms with Gasteiger partial charge in [-0.15, -0.1) is 11.3 Å². The van der Waals surface area contributed by atoms with Crippen LogP contribution >= 0.6 is 23.1 Å². The lowest BCUT2D eigenvalue weighted by Crippen LogP contribution is -2.37. The minimum absolute atomic E-state index is 0.213. The zero-order chi connectivity index (χ0) is 19.1. The molecule has 0 saturated carbocycles. The summed E-state index contributed by atoms with van der Waals surface area (Å²) in [4.78, 5) is 28.7. The van der Waals surface area contributed by atoms with Gasteiger partial charge < -0.3 is 15.4 Å². The SMILES string of the molecule is NC(=O)CSc1ncnc2c1sc1nc(N3CCOCC3)c3c(c12)CCCC3. The third-order valence-electron chi connectivity index (χ3n) is 5.33. The maximum Gasteiger partial charge on any atom is 0.227 e. The first-order valence-electron chi connectivity index (χ1n) is 9.55. The van der Waals surface area contributed by atoms with Crippen LogP contribution in [-0.2, 0) is 22.4 Å². The van der Waals surface area contributed by atoms with E-state index >= 15 is 0 Å². The van der Waals surface area contributed by atoms with Gasteiger partial charge in [0, 0.05) is 18.5 Å². The highest BCUT2D eigenvalue weighted by molar-refractivity contribution is 8.00. The molecular formula is C19H21N5O2S2. The molecule has 28 heavy (non-hydrogen) atoms. The van der Waals surface area contributed by atoms with Crippen molar-refractivity contribution in [3.05, 3.63) is 17.5 Å². The van der Waals surface area contributed by atoms with Crippen molar-refractivity contribution in [1.82, 2.24) is 15.0 Å². The van der Waals surface area contributed by atoms with Gasteiger partial charge in [0.15, 0.2) is 0 Å². The number of aromatic nitrogens is 3. The summed E-state index contributed by atoms with van der Waals surface area (Å²) in [6, 6.07) is 0. The number of morpholine rings is 1. The number of rotatable bonds is 4. The number of amides is 1. The number of thioether (sulfide) groups is 1. The number of nitrogens with zero attached hydrogens (tertiary/aromatic N) is 4. The molecule has 1 aliphatic heterocycles. The second-order valence-electron chi connectivity index (χ2n) is 7.09. The topological polar surface area (TPSA) is 94.2 Å². The Morgan fingerprint density at radius 3 is 2.79 bits per heavy atom. The van der Waals surface area contributed by atoms with E-state index in [4.69, 9.17) is 15.5 Å². The molecule has 0 atom stereocenters. The third kappa shape index (κ3) is 3.11. The van der Waals surface area contributed by atoms with Crippen LogP contribution in [0.1, 0.15) is 24.0 Å². The number of anilines is 1. The van der Waals surface area contributed by atoms with Crippen molar-refractivity contribution in [1.29, 1.82) is 0 Å². The highest BCUT2D eigenvalue weighted by Crippen LogP contribution is 2.43. The molecule has 9 heteroatoms. The van der Waals surface area contributed by atoms with Gasteiger partial charge in [0.2, 0.25) is 5.91 Å². The predicted octanol–water partition coefficient (Wildman–Crippen LogP) is 2.53. The zero-order valence-corrected chi connectivity index (χ0v) is 17.1. The number of nitrogens with two attached hydrogens (primary N) is 1. The number of thiophene rings is 1. The molecule has 0 spiro atoms. The first kappa shape index (κ1) is 18.1. The lowest BCUT2D eigenvalue weighted by molar-refractivity contribution is -0.115. The molecule has 2 aliphatic rings. The number of aryl methyl sites for hydroxylation is 1. The smallest absolute Gasteiger partial charge is 0.227 e. The van der Waals surface area contributed by atoms with Gasteiger partial charge in [0.25, 0.3) is 0 Å². The summed E-state index contributed by atoms with van der Waals surface area (Å²) in [5, 5.41) is 1.99. The van der Waals surface area contributed by atoms with Gasteiger partial charge in [0.05, 0.1) is 29.2 Å². The van der Waals surface area contributed by atoms with Gasteiger partial charge in [-0.1, -0.05) is 11.8 Å². The molecule has 5 rings (SSSR count). The summed E-state index contributed by atoms with van der Waals surface area (Å²) >= 11 is 3.00. The molecule has 0 aromatic carbocycles. The van der Waals surface area contributed by atoms with E-state index in [0.717, 1.165) is 65.0 Å². The van der Waals surface area contributed by atoms with Gasteiger partial charge >= 0.3 is 0 Å². The van der Waals surface area contributed by atoms with Crippen LogP contribution in [0.25, 0.3) is 20.4 Å². The number of ether oxygens (including phenoxy) is 1. The molecule has 7 nitrogen and oxygen atoms in total. The van der Waals surface area contributed by atoms with Crippen LogP contribution in [0, 0.1) is 0 Å². The van der Waals surface area contributed by atoms with Gasteiger partial charge in [-0.05, 0) is 36.8 Å². The minimum Gasteiger partial charge on any atom is -0.378 e. The van der Waals surface area contributed by atoms with Crippen molar-refractivity contribution < 1.29 is 9.53 Å². The highest BCUT2D eigenvalue weighted by atomic mass is 32.2. The van der Waals surface area contributed by atoms with E-state index in [0.29, 0.717) is 0 Å². The number of fused-ring (bicyclic) bond motifs is 5. The minimum atomic E-state index is -0.344. The Kier molecular flexibility index (Phi) is 4.82. The fourth-order valence-corrected chi connectivity index (χ4v) is 6.07. The summed E-state index contributed by atoms with van der Waals surface area (Å²) in [6.45, 7) is 3.27. The molecule has 3 aromatic rings. The van der Waals surface area contributed by atoms with Crippen LogP contribution in [0.2, 0.25) is 0 Å². The number of hydrogen-bond acceptors (Lipinski definition) is 8. The number of carbonyl (C=O) groups excluding carboxylic acids is 1. The van der Waals surface area contributed by atoms with Crippen LogP contribution in [0.3, 0.4) is 0 Å². The van der Waals surface area contributed by atoms with Gasteiger partial charge in [-0.3, -0.25) is 4.79 Å². The summed E-state index contributed by atoms with van der Waals surface area (Å²) < 4.78 is 6.54. The first-order valence-corrected chi connectivity index (χ1v) is 11.4. The molecule has 4 heterocycles. The largest absolute Gasteiger partial charge is 0.378 e. The quantitative estimate of drug-likeness (QED) is 0.517. The molecule has 2 N–H and O–H groups in total. The Bertz CT molecular complexity index is 1060. The Hall–Kier alpha value is -1.97. The van der Waals surface area contributed by atoms with Crippen LogP contribution in [0.5, 0.6) is 0 Å². The van der Waals surface area contributed by atoms with Gasteiger partial charge in [0.1, 0.15) is 22.0 Å². The van der Waals surface area contributed by atoms with E-state index in [1.165, 1.54) is 41.1 Å². The fourth-order valence-electron chi connectivity index (χ4n) is 4.10. The second kappa shape index (κ2) is 7.46. The molecule has 1 amide bonds. The van der Waals surface area contributed by atoms with E-state index in [1.807, 2.05) is 0 Å². The maximum atomic E-state index is 11.2. The molecule has 0 bridgehead atoms. The average Bonchev–Trinajstić information content (AvgIpc) is 3.11. The Balaban J connectivity index is 1.71. The number of primary amides is 1. The summed E-state index contributed by atoms with van der Waals surface area (Å²) in [5.41, 5.74) is 9.06. The van der Waals surface area contributed by atoms with Crippen molar-refractivity contribution >= 4 is 55.3 Å². The average molecular weight is 416 g/mol. The number of pyridine rings is 1. The fraction of sp³-hybridized carbons (Fsp3) is 0.474. The van der Waals surface area contributed by atoms with Crippen molar-refractivity contribution in [2.24, 2.45) is 5.73 Å². The maximum absolute atomic E-state index is 11.2. The van der Waals surface area contributed by atoms with Crippen LogP contribution < -0.4 is 10.6 Å². The van der Waals surface area contributed by atoms with Crippen LogP contribution in [0.4, 0.5) is 5.82 Å². The molecule has 1 fully saturated rings. The standard InChI is InChI=1S/C19H21N5O2S2/c20-13(25)9-27-19-16-15(21-10-22-19)14-11-3-1-2-4-12(11)17(23-18(14)28-16)24-5-7-26-8-6-24/h10H,1-9H2,(H2,20,25). The predicted molar refractivity (Wildman–Crippen MR) is 112 cm³/mol. The van der Waals surface area contributed by atoms with Crippen LogP contribution in [-0.4, -0.2) is 52.9 Å². The van der Waals surface area contributed by atoms with Crippen molar-refractivity contribution in [2.75, 3.05) is 37.0 Å².